The molecule has 0 saturated carbocycles. The maximum absolute atomic E-state index is 11.5. The summed E-state index contributed by atoms with van der Waals surface area (Å²) < 4.78 is 0. The Morgan fingerprint density at radius 1 is 1.39 bits per heavy atom. The summed E-state index contributed by atoms with van der Waals surface area (Å²) in [6.07, 6.45) is 0.515. The van der Waals surface area contributed by atoms with Gasteiger partial charge in [-0.15, -0.1) is 24.0 Å². The molecule has 0 aliphatic carbocycles. The minimum absolute atomic E-state index is 0. The normalized spacial score (nSPS) is 17.6. The highest BCUT2D eigenvalue weighted by Gasteiger charge is 2.22. The minimum atomic E-state index is -0.268. The second-order valence-corrected chi connectivity index (χ2v) is 5.33. The molecule has 23 heavy (non-hydrogen) atoms. The fourth-order valence-electron chi connectivity index (χ4n) is 2.43. The summed E-state index contributed by atoms with van der Waals surface area (Å²) in [5, 5.41) is 15.5. The maximum Gasteiger partial charge on any atom is 0.251 e. The molecule has 1 aliphatic heterocycles. The van der Waals surface area contributed by atoms with Gasteiger partial charge in [0.15, 0.2) is 5.96 Å². The molecule has 0 unspecified atom stereocenters. The van der Waals surface area contributed by atoms with E-state index in [-0.39, 0.29) is 36.0 Å². The molecule has 0 spiro atoms. The standard InChI is InChI=1S/C16H24N4O2.HI/c1-3-18-16(20-9-8-14(21)11-20)19-10-12-4-6-13(7-5-12)15(22)17-2;/h4-7,14,21H,3,8-11H2,1-2H3,(H,17,22)(H,18,19);1H/t14-;/m1./s1. The van der Waals surface area contributed by atoms with Crippen LogP contribution < -0.4 is 10.6 Å². The van der Waals surface area contributed by atoms with E-state index in [4.69, 9.17) is 0 Å². The van der Waals surface area contributed by atoms with E-state index in [0.717, 1.165) is 31.0 Å². The van der Waals surface area contributed by atoms with Gasteiger partial charge in [0.25, 0.3) is 5.91 Å². The van der Waals surface area contributed by atoms with Crippen LogP contribution in [0.5, 0.6) is 0 Å². The zero-order valence-electron chi connectivity index (χ0n) is 13.6. The zero-order valence-corrected chi connectivity index (χ0v) is 15.9. The lowest BCUT2D eigenvalue weighted by Crippen LogP contribution is -2.40. The van der Waals surface area contributed by atoms with Gasteiger partial charge in [-0.05, 0) is 31.0 Å². The first-order chi connectivity index (χ1) is 10.6. The first-order valence-corrected chi connectivity index (χ1v) is 7.66. The lowest BCUT2D eigenvalue weighted by molar-refractivity contribution is 0.0963. The number of benzene rings is 1. The van der Waals surface area contributed by atoms with Crippen LogP contribution in [-0.2, 0) is 6.54 Å². The van der Waals surface area contributed by atoms with Crippen LogP contribution in [0.1, 0.15) is 29.3 Å². The number of hydrogen-bond acceptors (Lipinski definition) is 3. The summed E-state index contributed by atoms with van der Waals surface area (Å²) in [7, 11) is 1.62. The summed E-state index contributed by atoms with van der Waals surface area (Å²) in [6.45, 7) is 4.81. The quantitative estimate of drug-likeness (QED) is 0.380. The fourth-order valence-corrected chi connectivity index (χ4v) is 2.43. The summed E-state index contributed by atoms with van der Waals surface area (Å²) in [5.74, 6) is 0.740. The van der Waals surface area contributed by atoms with E-state index in [0.29, 0.717) is 18.7 Å². The number of aliphatic hydroxyl groups excluding tert-OH is 1. The van der Waals surface area contributed by atoms with E-state index in [1.165, 1.54) is 0 Å². The number of guanidine groups is 1. The molecule has 3 N–H and O–H groups in total. The van der Waals surface area contributed by atoms with E-state index in [9.17, 15) is 9.90 Å². The largest absolute Gasteiger partial charge is 0.391 e. The molecule has 1 saturated heterocycles. The number of carbonyl (C=O) groups excluding carboxylic acids is 1. The highest BCUT2D eigenvalue weighted by molar-refractivity contribution is 14.0. The molecule has 1 aromatic carbocycles. The number of amides is 1. The number of hydrogen-bond donors (Lipinski definition) is 3. The van der Waals surface area contributed by atoms with Crippen molar-refractivity contribution in [2.24, 2.45) is 4.99 Å². The van der Waals surface area contributed by atoms with Crippen LogP contribution in [0.4, 0.5) is 0 Å². The molecule has 1 amide bonds. The zero-order chi connectivity index (χ0) is 15.9. The van der Waals surface area contributed by atoms with Crippen LogP contribution in [0.25, 0.3) is 0 Å². The van der Waals surface area contributed by atoms with Crippen LogP contribution in [0, 0.1) is 0 Å². The highest BCUT2D eigenvalue weighted by Crippen LogP contribution is 2.10. The van der Waals surface area contributed by atoms with Crippen molar-refractivity contribution in [3.63, 3.8) is 0 Å². The van der Waals surface area contributed by atoms with Gasteiger partial charge in [0.05, 0.1) is 12.6 Å². The third kappa shape index (κ3) is 5.65. The van der Waals surface area contributed by atoms with E-state index in [1.807, 2.05) is 19.1 Å². The lowest BCUT2D eigenvalue weighted by atomic mass is 10.1. The molecule has 1 atom stereocenters. The molecule has 6 nitrogen and oxygen atoms in total. The number of likely N-dealkylation sites (tertiary alicyclic amines) is 1. The average molecular weight is 432 g/mol. The summed E-state index contributed by atoms with van der Waals surface area (Å²) in [6, 6.07) is 7.43. The molecule has 1 fully saturated rings. The molecule has 1 aliphatic rings. The van der Waals surface area contributed by atoms with Crippen LogP contribution in [0.15, 0.2) is 29.3 Å². The summed E-state index contributed by atoms with van der Waals surface area (Å²) in [5.41, 5.74) is 1.69. The van der Waals surface area contributed by atoms with Gasteiger partial charge in [-0.3, -0.25) is 4.79 Å². The second-order valence-electron chi connectivity index (χ2n) is 5.33. The fraction of sp³-hybridized carbons (Fsp3) is 0.500. The predicted octanol–water partition coefficient (Wildman–Crippen LogP) is 1.20. The van der Waals surface area contributed by atoms with Gasteiger partial charge in [0.1, 0.15) is 0 Å². The molecule has 2 rings (SSSR count). The smallest absolute Gasteiger partial charge is 0.251 e. The Kier molecular flexibility index (Phi) is 8.32. The third-order valence-electron chi connectivity index (χ3n) is 3.65. The highest BCUT2D eigenvalue weighted by atomic mass is 127. The number of β-amino-alcohol motifs (C(OH)–C–C–N with tert-alkyl or cyclic N) is 1. The van der Waals surface area contributed by atoms with Crippen molar-refractivity contribution in [2.45, 2.75) is 26.0 Å². The van der Waals surface area contributed by atoms with Crippen molar-refractivity contribution in [2.75, 3.05) is 26.7 Å². The van der Waals surface area contributed by atoms with Gasteiger partial charge < -0.3 is 20.6 Å². The Bertz CT molecular complexity index is 533. The topological polar surface area (TPSA) is 77.0 Å². The molecule has 1 aromatic rings. The maximum atomic E-state index is 11.5. The van der Waals surface area contributed by atoms with Crippen LogP contribution in [0.2, 0.25) is 0 Å². The van der Waals surface area contributed by atoms with Crippen molar-refractivity contribution in [3.05, 3.63) is 35.4 Å². The number of nitrogens with one attached hydrogen (secondary N) is 2. The Morgan fingerprint density at radius 3 is 2.61 bits per heavy atom. The van der Waals surface area contributed by atoms with Crippen LogP contribution in [0.3, 0.4) is 0 Å². The number of carbonyl (C=O) groups is 1. The van der Waals surface area contributed by atoms with Crippen molar-refractivity contribution < 1.29 is 9.90 Å². The van der Waals surface area contributed by atoms with Crippen molar-refractivity contribution in [1.29, 1.82) is 0 Å². The monoisotopic (exact) mass is 432 g/mol. The average Bonchev–Trinajstić information content (AvgIpc) is 2.97. The van der Waals surface area contributed by atoms with E-state index in [2.05, 4.69) is 20.5 Å². The summed E-state index contributed by atoms with van der Waals surface area (Å²) in [4.78, 5) is 18.2. The number of rotatable bonds is 4. The second kappa shape index (κ2) is 9.71. The van der Waals surface area contributed by atoms with Gasteiger partial charge in [-0.1, -0.05) is 12.1 Å². The molecular formula is C16H25IN4O2. The number of nitrogens with zero attached hydrogens (tertiary/aromatic N) is 2. The molecule has 0 radical (unpaired) electrons. The number of aliphatic hydroxyl groups is 1. The van der Waals surface area contributed by atoms with Crippen molar-refractivity contribution in [1.82, 2.24) is 15.5 Å². The Hall–Kier alpha value is -1.35. The third-order valence-corrected chi connectivity index (χ3v) is 3.65. The van der Waals surface area contributed by atoms with Crippen LogP contribution >= 0.6 is 24.0 Å². The van der Waals surface area contributed by atoms with Gasteiger partial charge in [-0.2, -0.15) is 0 Å². The van der Waals surface area contributed by atoms with E-state index < -0.39 is 0 Å². The molecule has 1 heterocycles. The Labute approximate surface area is 154 Å². The van der Waals surface area contributed by atoms with Crippen molar-refractivity contribution in [3.8, 4) is 0 Å². The van der Waals surface area contributed by atoms with E-state index >= 15 is 0 Å². The number of halogens is 1. The summed E-state index contributed by atoms with van der Waals surface area (Å²) >= 11 is 0. The molecule has 7 heteroatoms. The lowest BCUT2D eigenvalue weighted by Gasteiger charge is -2.20. The molecule has 0 bridgehead atoms. The predicted molar refractivity (Wildman–Crippen MR) is 102 cm³/mol. The first-order valence-electron chi connectivity index (χ1n) is 7.66. The molecule has 0 aromatic heterocycles. The van der Waals surface area contributed by atoms with Gasteiger partial charge in [0, 0.05) is 32.2 Å². The minimum Gasteiger partial charge on any atom is -0.391 e. The Morgan fingerprint density at radius 2 is 2.09 bits per heavy atom. The van der Waals surface area contributed by atoms with Gasteiger partial charge in [-0.25, -0.2) is 4.99 Å². The SMILES string of the molecule is CCNC(=NCc1ccc(C(=O)NC)cc1)N1CC[C@@H](O)C1.I. The van der Waals surface area contributed by atoms with Crippen molar-refractivity contribution >= 4 is 35.8 Å². The van der Waals surface area contributed by atoms with E-state index in [1.54, 1.807) is 19.2 Å². The van der Waals surface area contributed by atoms with Gasteiger partial charge in [0.2, 0.25) is 0 Å². The molecular weight excluding hydrogens is 407 g/mol. The number of aliphatic imine (C=N–C) groups is 1. The Balaban J connectivity index is 0.00000264. The first kappa shape index (κ1) is 19.7. The molecule has 128 valence electrons. The van der Waals surface area contributed by atoms with Gasteiger partial charge >= 0.3 is 0 Å². The van der Waals surface area contributed by atoms with Crippen LogP contribution in [-0.4, -0.2) is 54.7 Å².